The summed E-state index contributed by atoms with van der Waals surface area (Å²) in [5.41, 5.74) is 3.11. The van der Waals surface area contributed by atoms with Crippen LogP contribution < -0.4 is 10.2 Å². The molecule has 144 valence electrons. The third-order valence-electron chi connectivity index (χ3n) is 4.61. The molecule has 0 N–H and O–H groups in total. The van der Waals surface area contributed by atoms with Gasteiger partial charge in [-0.15, -0.1) is 0 Å². The summed E-state index contributed by atoms with van der Waals surface area (Å²) >= 11 is 0. The minimum Gasteiger partial charge on any atom is -0.489 e. The number of methoxy groups -OCH3 is 1. The van der Waals surface area contributed by atoms with Crippen molar-refractivity contribution in [2.24, 2.45) is 0 Å². The fraction of sp³-hybridized carbons (Fsp3) is 0.0833. The van der Waals surface area contributed by atoms with Crippen molar-refractivity contribution in [1.82, 2.24) is 0 Å². The number of carbonyl (C=O) groups excluding carboxylic acids is 1. The second-order valence-corrected chi connectivity index (χ2v) is 6.48. The first-order valence-corrected chi connectivity index (χ1v) is 9.07. The number of hydrogen-bond donors (Lipinski definition) is 0. The van der Waals surface area contributed by atoms with Crippen LogP contribution in [-0.4, -0.2) is 13.1 Å². The Morgan fingerprint density at radius 2 is 1.72 bits per heavy atom. The lowest BCUT2D eigenvalue weighted by Gasteiger charge is -2.08. The zero-order valence-electron chi connectivity index (χ0n) is 15.8. The lowest BCUT2D eigenvalue weighted by atomic mass is 10.1. The number of esters is 1. The van der Waals surface area contributed by atoms with E-state index in [1.807, 2.05) is 30.3 Å². The first-order chi connectivity index (χ1) is 14.2. The van der Waals surface area contributed by atoms with Crippen LogP contribution in [0.2, 0.25) is 0 Å². The maximum absolute atomic E-state index is 12.8. The molecule has 0 fully saturated rings. The first kappa shape index (κ1) is 18.5. The van der Waals surface area contributed by atoms with Crippen molar-refractivity contribution in [1.29, 1.82) is 0 Å². The van der Waals surface area contributed by atoms with E-state index in [9.17, 15) is 9.59 Å². The summed E-state index contributed by atoms with van der Waals surface area (Å²) in [5, 5.41) is 0.501. The maximum Gasteiger partial charge on any atom is 0.337 e. The molecule has 29 heavy (non-hydrogen) atoms. The van der Waals surface area contributed by atoms with Crippen LogP contribution in [0.4, 0.5) is 0 Å². The van der Waals surface area contributed by atoms with Crippen LogP contribution in [-0.2, 0) is 11.3 Å². The van der Waals surface area contributed by atoms with Gasteiger partial charge in [0.15, 0.2) is 5.43 Å². The van der Waals surface area contributed by atoms with E-state index in [1.165, 1.54) is 13.4 Å². The summed E-state index contributed by atoms with van der Waals surface area (Å²) in [7, 11) is 1.35. The van der Waals surface area contributed by atoms with E-state index < -0.39 is 0 Å². The fourth-order valence-corrected chi connectivity index (χ4v) is 3.04. The van der Waals surface area contributed by atoms with Crippen molar-refractivity contribution in [3.63, 3.8) is 0 Å². The monoisotopic (exact) mass is 386 g/mol. The summed E-state index contributed by atoms with van der Waals surface area (Å²) in [6.45, 7) is 0.319. The second kappa shape index (κ2) is 8.02. The molecule has 1 heterocycles. The molecule has 5 nitrogen and oxygen atoms in total. The molecule has 0 atom stereocenters. The SMILES string of the molecule is COC(=O)c1ccc(COc2ccc3c(=O)c(-c4ccccc4)coc3c2)cc1. The van der Waals surface area contributed by atoms with Crippen LogP contribution in [0.3, 0.4) is 0 Å². The Bertz CT molecular complexity index is 1210. The Labute approximate surface area is 167 Å². The van der Waals surface area contributed by atoms with Gasteiger partial charge in [0.05, 0.1) is 23.6 Å². The van der Waals surface area contributed by atoms with E-state index in [2.05, 4.69) is 4.74 Å². The molecular weight excluding hydrogens is 368 g/mol. The van der Waals surface area contributed by atoms with Gasteiger partial charge in [0.2, 0.25) is 0 Å². The minimum atomic E-state index is -0.378. The lowest BCUT2D eigenvalue weighted by Crippen LogP contribution is -2.05. The van der Waals surface area contributed by atoms with Gasteiger partial charge < -0.3 is 13.9 Å². The van der Waals surface area contributed by atoms with Crippen molar-refractivity contribution >= 4 is 16.9 Å². The van der Waals surface area contributed by atoms with E-state index in [1.54, 1.807) is 42.5 Å². The van der Waals surface area contributed by atoms with Gasteiger partial charge in [0.25, 0.3) is 0 Å². The zero-order chi connectivity index (χ0) is 20.2. The van der Waals surface area contributed by atoms with Gasteiger partial charge in [0, 0.05) is 6.07 Å². The van der Waals surface area contributed by atoms with Gasteiger partial charge in [-0.25, -0.2) is 4.79 Å². The molecule has 0 radical (unpaired) electrons. The van der Waals surface area contributed by atoms with Crippen LogP contribution in [0.15, 0.2) is 88.3 Å². The number of ether oxygens (including phenoxy) is 2. The average molecular weight is 386 g/mol. The summed E-state index contributed by atoms with van der Waals surface area (Å²) in [6.07, 6.45) is 1.48. The largest absolute Gasteiger partial charge is 0.489 e. The fourth-order valence-electron chi connectivity index (χ4n) is 3.04. The molecule has 5 heteroatoms. The molecule has 4 rings (SSSR count). The summed E-state index contributed by atoms with van der Waals surface area (Å²) < 4.78 is 16.2. The Balaban J connectivity index is 1.54. The molecule has 0 spiro atoms. The Hall–Kier alpha value is -3.86. The van der Waals surface area contributed by atoms with Crippen LogP contribution >= 0.6 is 0 Å². The Morgan fingerprint density at radius 1 is 0.966 bits per heavy atom. The van der Waals surface area contributed by atoms with Crippen LogP contribution in [0, 0.1) is 0 Å². The molecule has 0 aliphatic heterocycles. The number of benzene rings is 3. The first-order valence-electron chi connectivity index (χ1n) is 9.07. The highest BCUT2D eigenvalue weighted by Gasteiger charge is 2.10. The van der Waals surface area contributed by atoms with Gasteiger partial charge in [-0.1, -0.05) is 42.5 Å². The molecule has 0 saturated carbocycles. The number of fused-ring (bicyclic) bond motifs is 1. The van der Waals surface area contributed by atoms with E-state index >= 15 is 0 Å². The van der Waals surface area contributed by atoms with Crippen molar-refractivity contribution in [2.75, 3.05) is 7.11 Å². The summed E-state index contributed by atoms with van der Waals surface area (Å²) in [4.78, 5) is 24.3. The summed E-state index contributed by atoms with van der Waals surface area (Å²) in [6, 6.07) is 21.6. The van der Waals surface area contributed by atoms with E-state index in [0.29, 0.717) is 34.5 Å². The molecule has 1 aromatic heterocycles. The van der Waals surface area contributed by atoms with Gasteiger partial charge in [-0.05, 0) is 35.4 Å². The normalized spacial score (nSPS) is 10.7. The molecule has 0 amide bonds. The predicted octanol–water partition coefficient (Wildman–Crippen LogP) is 4.83. The molecule has 0 saturated heterocycles. The molecule has 0 aliphatic carbocycles. The van der Waals surface area contributed by atoms with Gasteiger partial charge in [-0.2, -0.15) is 0 Å². The second-order valence-electron chi connectivity index (χ2n) is 6.48. The van der Waals surface area contributed by atoms with Crippen LogP contribution in [0.25, 0.3) is 22.1 Å². The average Bonchev–Trinajstić information content (AvgIpc) is 2.78. The highest BCUT2D eigenvalue weighted by atomic mass is 16.5. The molecule has 4 aromatic rings. The van der Waals surface area contributed by atoms with Crippen molar-refractivity contribution < 1.29 is 18.7 Å². The third-order valence-corrected chi connectivity index (χ3v) is 4.61. The predicted molar refractivity (Wildman–Crippen MR) is 110 cm³/mol. The molecule has 0 unspecified atom stereocenters. The number of carbonyl (C=O) groups is 1. The van der Waals surface area contributed by atoms with E-state index in [4.69, 9.17) is 9.15 Å². The van der Waals surface area contributed by atoms with Crippen molar-refractivity contribution in [2.45, 2.75) is 6.61 Å². The van der Waals surface area contributed by atoms with E-state index in [0.717, 1.165) is 11.1 Å². The van der Waals surface area contributed by atoms with Crippen molar-refractivity contribution in [3.05, 3.63) is 100 Å². The highest BCUT2D eigenvalue weighted by Crippen LogP contribution is 2.23. The Kier molecular flexibility index (Phi) is 5.12. The molecular formula is C24H18O5. The third kappa shape index (κ3) is 3.89. The molecule has 0 bridgehead atoms. The number of hydrogen-bond acceptors (Lipinski definition) is 5. The molecule has 3 aromatic carbocycles. The zero-order valence-corrected chi connectivity index (χ0v) is 15.8. The van der Waals surface area contributed by atoms with Crippen molar-refractivity contribution in [3.8, 4) is 16.9 Å². The Morgan fingerprint density at radius 3 is 2.45 bits per heavy atom. The minimum absolute atomic E-state index is 0.0811. The highest BCUT2D eigenvalue weighted by molar-refractivity contribution is 5.89. The van der Waals surface area contributed by atoms with E-state index in [-0.39, 0.29) is 11.4 Å². The van der Waals surface area contributed by atoms with Gasteiger partial charge >= 0.3 is 5.97 Å². The quantitative estimate of drug-likeness (QED) is 0.460. The topological polar surface area (TPSA) is 65.7 Å². The molecule has 0 aliphatic rings. The lowest BCUT2D eigenvalue weighted by molar-refractivity contribution is 0.0600. The standard InChI is InChI=1S/C24H18O5/c1-27-24(26)18-9-7-16(8-10-18)14-28-19-11-12-20-22(13-19)29-15-21(23(20)25)17-5-3-2-4-6-17/h2-13,15H,14H2,1H3. The smallest absolute Gasteiger partial charge is 0.337 e. The summed E-state index contributed by atoms with van der Waals surface area (Å²) in [5.74, 6) is 0.210. The van der Waals surface area contributed by atoms with Crippen LogP contribution in [0.5, 0.6) is 5.75 Å². The number of rotatable bonds is 5. The van der Waals surface area contributed by atoms with Gasteiger partial charge in [-0.3, -0.25) is 4.79 Å². The maximum atomic E-state index is 12.8. The van der Waals surface area contributed by atoms with Gasteiger partial charge in [0.1, 0.15) is 24.2 Å². The van der Waals surface area contributed by atoms with Crippen LogP contribution in [0.1, 0.15) is 15.9 Å².